The van der Waals surface area contributed by atoms with E-state index in [1.165, 1.54) is 4.88 Å². The van der Waals surface area contributed by atoms with Gasteiger partial charge in [0, 0.05) is 28.2 Å². The SMILES string of the molecule is CNNC(=O)CCCCc1cc(Br)cs1. The van der Waals surface area contributed by atoms with Crippen molar-refractivity contribution < 1.29 is 4.79 Å². The molecule has 5 heteroatoms. The Hall–Kier alpha value is -0.390. The smallest absolute Gasteiger partial charge is 0.234 e. The molecule has 0 saturated heterocycles. The number of thiophene rings is 1. The van der Waals surface area contributed by atoms with E-state index in [0.29, 0.717) is 6.42 Å². The zero-order valence-electron chi connectivity index (χ0n) is 8.68. The molecule has 0 atom stereocenters. The molecule has 0 radical (unpaired) electrons. The van der Waals surface area contributed by atoms with Crippen LogP contribution in [-0.4, -0.2) is 13.0 Å². The van der Waals surface area contributed by atoms with E-state index in [9.17, 15) is 4.79 Å². The van der Waals surface area contributed by atoms with Crippen LogP contribution in [0.2, 0.25) is 0 Å². The van der Waals surface area contributed by atoms with Crippen molar-refractivity contribution in [2.24, 2.45) is 0 Å². The molecule has 1 rings (SSSR count). The van der Waals surface area contributed by atoms with Crippen molar-refractivity contribution in [2.45, 2.75) is 25.7 Å². The van der Waals surface area contributed by atoms with E-state index >= 15 is 0 Å². The highest BCUT2D eigenvalue weighted by atomic mass is 79.9. The third-order valence-electron chi connectivity index (χ3n) is 1.96. The summed E-state index contributed by atoms with van der Waals surface area (Å²) in [6.07, 6.45) is 3.64. The largest absolute Gasteiger partial charge is 0.292 e. The number of amides is 1. The Morgan fingerprint density at radius 1 is 1.53 bits per heavy atom. The van der Waals surface area contributed by atoms with Crippen LogP contribution < -0.4 is 10.9 Å². The molecule has 2 N–H and O–H groups in total. The van der Waals surface area contributed by atoms with Gasteiger partial charge in [-0.1, -0.05) is 0 Å². The Kier molecular flexibility index (Phi) is 5.90. The molecule has 0 bridgehead atoms. The lowest BCUT2D eigenvalue weighted by atomic mass is 10.2. The van der Waals surface area contributed by atoms with Gasteiger partial charge >= 0.3 is 0 Å². The lowest BCUT2D eigenvalue weighted by Crippen LogP contribution is -2.33. The maximum atomic E-state index is 11.1. The first-order chi connectivity index (χ1) is 7.22. The number of halogens is 1. The zero-order valence-corrected chi connectivity index (χ0v) is 11.1. The predicted molar refractivity (Wildman–Crippen MR) is 66.8 cm³/mol. The Bertz CT molecular complexity index is 314. The predicted octanol–water partition coefficient (Wildman–Crippen LogP) is 2.47. The number of rotatable bonds is 6. The van der Waals surface area contributed by atoms with E-state index in [2.05, 4.69) is 38.2 Å². The van der Waals surface area contributed by atoms with Crippen molar-refractivity contribution in [3.8, 4) is 0 Å². The van der Waals surface area contributed by atoms with Gasteiger partial charge < -0.3 is 0 Å². The molecule has 1 aromatic rings. The first-order valence-electron chi connectivity index (χ1n) is 4.91. The first-order valence-corrected chi connectivity index (χ1v) is 6.58. The van der Waals surface area contributed by atoms with Crippen molar-refractivity contribution in [1.29, 1.82) is 0 Å². The number of carbonyl (C=O) groups excluding carboxylic acids is 1. The van der Waals surface area contributed by atoms with Crippen LogP contribution in [0.25, 0.3) is 0 Å². The van der Waals surface area contributed by atoms with Gasteiger partial charge in [-0.2, -0.15) is 0 Å². The lowest BCUT2D eigenvalue weighted by molar-refractivity contribution is -0.122. The van der Waals surface area contributed by atoms with Crippen LogP contribution in [0.5, 0.6) is 0 Å². The standard InChI is InChI=1S/C10H15BrN2OS/c1-12-13-10(14)5-3-2-4-9-6-8(11)7-15-9/h6-7,12H,2-5H2,1H3,(H,13,14). The van der Waals surface area contributed by atoms with Gasteiger partial charge in [0.25, 0.3) is 0 Å². The van der Waals surface area contributed by atoms with Crippen molar-refractivity contribution in [2.75, 3.05) is 7.05 Å². The minimum absolute atomic E-state index is 0.0601. The van der Waals surface area contributed by atoms with Crippen molar-refractivity contribution in [1.82, 2.24) is 10.9 Å². The highest BCUT2D eigenvalue weighted by Crippen LogP contribution is 2.21. The summed E-state index contributed by atoms with van der Waals surface area (Å²) in [7, 11) is 1.70. The summed E-state index contributed by atoms with van der Waals surface area (Å²) in [5.74, 6) is 0.0601. The van der Waals surface area contributed by atoms with Crippen molar-refractivity contribution in [3.05, 3.63) is 20.8 Å². The van der Waals surface area contributed by atoms with Crippen molar-refractivity contribution >= 4 is 33.2 Å². The molecule has 0 unspecified atom stereocenters. The second-order valence-corrected chi connectivity index (χ2v) is 5.15. The van der Waals surface area contributed by atoms with E-state index in [1.807, 2.05) is 0 Å². The summed E-state index contributed by atoms with van der Waals surface area (Å²) in [4.78, 5) is 12.5. The van der Waals surface area contributed by atoms with E-state index < -0.39 is 0 Å². The van der Waals surface area contributed by atoms with Gasteiger partial charge in [-0.3, -0.25) is 10.2 Å². The number of hydrazine groups is 1. The third kappa shape index (κ3) is 5.30. The summed E-state index contributed by atoms with van der Waals surface area (Å²) >= 11 is 5.18. The molecule has 0 aromatic carbocycles. The van der Waals surface area contributed by atoms with Crippen LogP contribution in [0.4, 0.5) is 0 Å². The quantitative estimate of drug-likeness (QED) is 0.624. The number of nitrogens with one attached hydrogen (secondary N) is 2. The normalized spacial score (nSPS) is 10.3. The Morgan fingerprint density at radius 2 is 2.33 bits per heavy atom. The van der Waals surface area contributed by atoms with Gasteiger partial charge in [0.15, 0.2) is 0 Å². The number of hydrogen-bond acceptors (Lipinski definition) is 3. The third-order valence-corrected chi connectivity index (χ3v) is 3.72. The van der Waals surface area contributed by atoms with Crippen molar-refractivity contribution in [3.63, 3.8) is 0 Å². The lowest BCUT2D eigenvalue weighted by Gasteiger charge is -2.01. The Morgan fingerprint density at radius 3 is 2.93 bits per heavy atom. The highest BCUT2D eigenvalue weighted by Gasteiger charge is 2.01. The summed E-state index contributed by atoms with van der Waals surface area (Å²) in [5.41, 5.74) is 5.18. The van der Waals surface area contributed by atoms with E-state index in [-0.39, 0.29) is 5.91 Å². The molecule has 0 spiro atoms. The van der Waals surface area contributed by atoms with E-state index in [1.54, 1.807) is 18.4 Å². The molecule has 0 saturated carbocycles. The van der Waals surface area contributed by atoms with Gasteiger partial charge in [0.2, 0.25) is 5.91 Å². The van der Waals surface area contributed by atoms with E-state index in [0.717, 1.165) is 23.7 Å². The van der Waals surface area contributed by atoms with Gasteiger partial charge in [-0.15, -0.1) is 11.3 Å². The number of carbonyl (C=O) groups is 1. The molecule has 84 valence electrons. The zero-order chi connectivity index (χ0) is 11.1. The average molecular weight is 291 g/mol. The Labute approximate surface area is 102 Å². The Balaban J connectivity index is 2.09. The summed E-state index contributed by atoms with van der Waals surface area (Å²) in [5, 5.41) is 2.09. The maximum Gasteiger partial charge on any atom is 0.234 e. The molecular formula is C10H15BrN2OS. The summed E-state index contributed by atoms with van der Waals surface area (Å²) < 4.78 is 1.15. The molecule has 1 aromatic heterocycles. The number of hydrogen-bond donors (Lipinski definition) is 2. The molecule has 3 nitrogen and oxygen atoms in total. The van der Waals surface area contributed by atoms with E-state index in [4.69, 9.17) is 0 Å². The monoisotopic (exact) mass is 290 g/mol. The van der Waals surface area contributed by atoms with Crippen LogP contribution in [0.3, 0.4) is 0 Å². The minimum Gasteiger partial charge on any atom is -0.292 e. The van der Waals surface area contributed by atoms with Gasteiger partial charge in [-0.05, 0) is 41.3 Å². The molecule has 0 aliphatic heterocycles. The maximum absolute atomic E-state index is 11.1. The van der Waals surface area contributed by atoms with Crippen LogP contribution >= 0.6 is 27.3 Å². The van der Waals surface area contributed by atoms with Gasteiger partial charge in [0.1, 0.15) is 0 Å². The summed E-state index contributed by atoms with van der Waals surface area (Å²) in [6, 6.07) is 2.14. The van der Waals surface area contributed by atoms with Gasteiger partial charge in [-0.25, -0.2) is 5.43 Å². The first kappa shape index (κ1) is 12.7. The molecule has 15 heavy (non-hydrogen) atoms. The molecule has 1 amide bonds. The summed E-state index contributed by atoms with van der Waals surface area (Å²) in [6.45, 7) is 0. The fourth-order valence-electron chi connectivity index (χ4n) is 1.27. The molecule has 1 heterocycles. The number of aryl methyl sites for hydroxylation is 1. The van der Waals surface area contributed by atoms with Crippen LogP contribution in [0.15, 0.2) is 15.9 Å². The second-order valence-electron chi connectivity index (χ2n) is 3.24. The second kappa shape index (κ2) is 6.98. The molecular weight excluding hydrogens is 276 g/mol. The fraction of sp³-hybridized carbons (Fsp3) is 0.500. The molecule has 0 aliphatic carbocycles. The van der Waals surface area contributed by atoms with Crippen LogP contribution in [0.1, 0.15) is 24.1 Å². The fourth-order valence-corrected chi connectivity index (χ4v) is 2.77. The highest BCUT2D eigenvalue weighted by molar-refractivity contribution is 9.10. The molecule has 0 aliphatic rings. The van der Waals surface area contributed by atoms with Crippen LogP contribution in [-0.2, 0) is 11.2 Å². The number of unbranched alkanes of at least 4 members (excludes halogenated alkanes) is 1. The topological polar surface area (TPSA) is 41.1 Å². The van der Waals surface area contributed by atoms with Crippen LogP contribution in [0, 0.1) is 0 Å². The molecule has 0 fully saturated rings. The average Bonchev–Trinajstić information content (AvgIpc) is 2.60. The minimum atomic E-state index is 0.0601. The van der Waals surface area contributed by atoms with Gasteiger partial charge in [0.05, 0.1) is 0 Å².